The molecule has 0 aliphatic carbocycles. The third-order valence-corrected chi connectivity index (χ3v) is 4.23. The van der Waals surface area contributed by atoms with Gasteiger partial charge in [0, 0.05) is 35.4 Å². The lowest BCUT2D eigenvalue weighted by molar-refractivity contribution is 0.394. The Hall–Kier alpha value is -3.19. The number of nitrogens with two attached hydrogens (primary N) is 2. The van der Waals surface area contributed by atoms with Gasteiger partial charge >= 0.3 is 0 Å². The molecule has 1 heterocycles. The zero-order valence-corrected chi connectivity index (χ0v) is 14.9. The minimum absolute atomic E-state index is 0.0622. The normalized spacial score (nSPS) is 10.7. The Morgan fingerprint density at radius 3 is 2.15 bits per heavy atom. The van der Waals surface area contributed by atoms with Crippen LogP contribution in [0.5, 0.6) is 11.5 Å². The van der Waals surface area contributed by atoms with Crippen LogP contribution in [0.2, 0.25) is 0 Å². The Morgan fingerprint density at radius 1 is 0.926 bits per heavy atom. The second-order valence-electron chi connectivity index (χ2n) is 5.85. The van der Waals surface area contributed by atoms with E-state index in [1.807, 2.05) is 0 Å². The molecule has 27 heavy (non-hydrogen) atoms. The Morgan fingerprint density at radius 2 is 1.59 bits per heavy atom. The van der Waals surface area contributed by atoms with Crippen LogP contribution in [0.25, 0.3) is 22.4 Å². The number of nitrogen functional groups attached to an aromatic ring is 1. The third kappa shape index (κ3) is 3.68. The maximum Gasteiger partial charge on any atom is 0.133 e. The molecule has 140 valence electrons. The first-order chi connectivity index (χ1) is 13.0. The number of hydrogen-bond donors (Lipinski definition) is 2. The monoisotopic (exact) mass is 371 g/mol. The molecule has 0 saturated heterocycles. The number of hydrogen-bond acceptors (Lipinski definition) is 5. The number of pyridine rings is 1. The molecule has 3 aromatic rings. The van der Waals surface area contributed by atoms with Crippen molar-refractivity contribution in [3.63, 3.8) is 0 Å². The van der Waals surface area contributed by atoms with Crippen LogP contribution >= 0.6 is 0 Å². The quantitative estimate of drug-likeness (QED) is 0.714. The van der Waals surface area contributed by atoms with Crippen LogP contribution in [0, 0.1) is 11.6 Å². The van der Waals surface area contributed by atoms with E-state index in [9.17, 15) is 8.78 Å². The molecule has 0 aliphatic heterocycles. The van der Waals surface area contributed by atoms with Gasteiger partial charge in [-0.25, -0.2) is 13.8 Å². The number of benzene rings is 2. The number of nitrogens with zero attached hydrogens (tertiary/aromatic N) is 1. The molecule has 1 aromatic heterocycles. The van der Waals surface area contributed by atoms with E-state index in [2.05, 4.69) is 4.98 Å². The van der Waals surface area contributed by atoms with Crippen LogP contribution in [0.1, 0.15) is 5.56 Å². The summed E-state index contributed by atoms with van der Waals surface area (Å²) < 4.78 is 38.2. The summed E-state index contributed by atoms with van der Waals surface area (Å²) in [5, 5.41) is 0. The standard InChI is InChI=1S/C20H19F2N3O2/c1-26-13-5-11(6-14(8-13)27-2)19-9-16(17(10-23)20(24)25-19)15-4-3-12(21)7-18(15)22/h3-9H,10,23H2,1-2H3,(H2,24,25). The van der Waals surface area contributed by atoms with Gasteiger partial charge in [0.05, 0.1) is 19.9 Å². The molecule has 0 atom stereocenters. The molecule has 5 nitrogen and oxygen atoms in total. The van der Waals surface area contributed by atoms with E-state index in [1.165, 1.54) is 26.4 Å². The average molecular weight is 371 g/mol. The highest BCUT2D eigenvalue weighted by Gasteiger charge is 2.17. The smallest absolute Gasteiger partial charge is 0.133 e. The maximum absolute atomic E-state index is 14.4. The molecule has 2 aromatic carbocycles. The molecule has 0 amide bonds. The zero-order chi connectivity index (χ0) is 19.6. The second-order valence-corrected chi connectivity index (χ2v) is 5.85. The number of methoxy groups -OCH3 is 2. The van der Waals surface area contributed by atoms with Gasteiger partial charge < -0.3 is 20.9 Å². The Bertz CT molecular complexity index is 971. The number of anilines is 1. The van der Waals surface area contributed by atoms with E-state index in [1.54, 1.807) is 24.3 Å². The summed E-state index contributed by atoms with van der Waals surface area (Å²) in [5.41, 5.74) is 14.2. The average Bonchev–Trinajstić information content (AvgIpc) is 2.67. The van der Waals surface area contributed by atoms with Crippen LogP contribution in [0.3, 0.4) is 0 Å². The van der Waals surface area contributed by atoms with E-state index in [0.717, 1.165) is 6.07 Å². The Labute approximate surface area is 155 Å². The van der Waals surface area contributed by atoms with Crippen molar-refractivity contribution < 1.29 is 18.3 Å². The van der Waals surface area contributed by atoms with Crippen molar-refractivity contribution in [3.05, 3.63) is 59.7 Å². The predicted octanol–water partition coefficient (Wildman–Crippen LogP) is 3.75. The van der Waals surface area contributed by atoms with Crippen molar-refractivity contribution in [1.29, 1.82) is 0 Å². The molecule has 0 unspecified atom stereocenters. The SMILES string of the molecule is COc1cc(OC)cc(-c2cc(-c3ccc(F)cc3F)c(CN)c(N)n2)c1. The highest BCUT2D eigenvalue weighted by Crippen LogP contribution is 2.35. The molecular formula is C20H19F2N3O2. The van der Waals surface area contributed by atoms with Gasteiger partial charge in [0.25, 0.3) is 0 Å². The van der Waals surface area contributed by atoms with Gasteiger partial charge in [-0.15, -0.1) is 0 Å². The van der Waals surface area contributed by atoms with Crippen molar-refractivity contribution in [1.82, 2.24) is 4.98 Å². The lowest BCUT2D eigenvalue weighted by Gasteiger charge is -2.15. The van der Waals surface area contributed by atoms with Crippen molar-refractivity contribution in [2.75, 3.05) is 20.0 Å². The van der Waals surface area contributed by atoms with E-state index >= 15 is 0 Å². The molecule has 0 radical (unpaired) electrons. The van der Waals surface area contributed by atoms with Gasteiger partial charge in [0.15, 0.2) is 0 Å². The molecule has 7 heteroatoms. The fourth-order valence-corrected chi connectivity index (χ4v) is 2.86. The molecule has 0 bridgehead atoms. The minimum atomic E-state index is -0.704. The first kappa shape index (κ1) is 18.6. The summed E-state index contributed by atoms with van der Waals surface area (Å²) in [6, 6.07) is 10.3. The lowest BCUT2D eigenvalue weighted by Crippen LogP contribution is -2.07. The van der Waals surface area contributed by atoms with Gasteiger partial charge in [-0.2, -0.15) is 0 Å². The highest BCUT2D eigenvalue weighted by atomic mass is 19.1. The molecule has 3 rings (SSSR count). The first-order valence-corrected chi connectivity index (χ1v) is 8.15. The summed E-state index contributed by atoms with van der Waals surface area (Å²) in [5.74, 6) is -0.0467. The van der Waals surface area contributed by atoms with Crippen molar-refractivity contribution in [3.8, 4) is 33.9 Å². The van der Waals surface area contributed by atoms with Gasteiger partial charge in [0.2, 0.25) is 0 Å². The van der Waals surface area contributed by atoms with Crippen molar-refractivity contribution in [2.45, 2.75) is 6.54 Å². The Balaban J connectivity index is 2.24. The van der Waals surface area contributed by atoms with E-state index in [-0.39, 0.29) is 17.9 Å². The Kier molecular flexibility index (Phi) is 5.23. The largest absolute Gasteiger partial charge is 0.497 e. The van der Waals surface area contributed by atoms with Crippen molar-refractivity contribution in [2.24, 2.45) is 5.73 Å². The highest BCUT2D eigenvalue weighted by molar-refractivity contribution is 5.78. The molecule has 4 N–H and O–H groups in total. The van der Waals surface area contributed by atoms with Gasteiger partial charge in [-0.3, -0.25) is 0 Å². The first-order valence-electron chi connectivity index (χ1n) is 8.15. The zero-order valence-electron chi connectivity index (χ0n) is 14.9. The van der Waals surface area contributed by atoms with Crippen LogP contribution in [0.15, 0.2) is 42.5 Å². The van der Waals surface area contributed by atoms with Crippen molar-refractivity contribution >= 4 is 5.82 Å². The number of ether oxygens (including phenoxy) is 2. The summed E-state index contributed by atoms with van der Waals surface area (Å²) in [6.07, 6.45) is 0. The third-order valence-electron chi connectivity index (χ3n) is 4.23. The van der Waals surface area contributed by atoms with Gasteiger partial charge in [-0.1, -0.05) is 0 Å². The van der Waals surface area contributed by atoms with Gasteiger partial charge in [-0.05, 0) is 35.9 Å². The van der Waals surface area contributed by atoms with Crippen LogP contribution in [-0.2, 0) is 6.54 Å². The lowest BCUT2D eigenvalue weighted by atomic mass is 9.97. The maximum atomic E-state index is 14.4. The molecular weight excluding hydrogens is 352 g/mol. The topological polar surface area (TPSA) is 83.4 Å². The number of halogens is 2. The molecule has 0 saturated carbocycles. The van der Waals surface area contributed by atoms with E-state index in [0.29, 0.717) is 33.9 Å². The number of rotatable bonds is 5. The van der Waals surface area contributed by atoms with Crippen LogP contribution < -0.4 is 20.9 Å². The van der Waals surface area contributed by atoms with E-state index < -0.39 is 11.6 Å². The van der Waals surface area contributed by atoms with E-state index in [4.69, 9.17) is 20.9 Å². The predicted molar refractivity (Wildman–Crippen MR) is 100 cm³/mol. The summed E-state index contributed by atoms with van der Waals surface area (Å²) >= 11 is 0. The molecule has 0 aliphatic rings. The fourth-order valence-electron chi connectivity index (χ4n) is 2.86. The summed E-state index contributed by atoms with van der Waals surface area (Å²) in [4.78, 5) is 4.39. The fraction of sp³-hybridized carbons (Fsp3) is 0.150. The second kappa shape index (κ2) is 7.59. The van der Waals surface area contributed by atoms with Gasteiger partial charge in [0.1, 0.15) is 29.0 Å². The number of aromatic nitrogens is 1. The molecule has 0 spiro atoms. The molecule has 0 fully saturated rings. The minimum Gasteiger partial charge on any atom is -0.497 e. The summed E-state index contributed by atoms with van der Waals surface area (Å²) in [6.45, 7) is 0.0622. The summed E-state index contributed by atoms with van der Waals surface area (Å²) in [7, 11) is 3.08. The van der Waals surface area contributed by atoms with Crippen LogP contribution in [-0.4, -0.2) is 19.2 Å². The van der Waals surface area contributed by atoms with Crippen LogP contribution in [0.4, 0.5) is 14.6 Å².